The van der Waals surface area contributed by atoms with Gasteiger partial charge in [-0.25, -0.2) is 0 Å². The van der Waals surface area contributed by atoms with E-state index in [1.165, 1.54) is 21.9 Å². The summed E-state index contributed by atoms with van der Waals surface area (Å²) in [4.78, 5) is 2.33. The fourth-order valence-electron chi connectivity index (χ4n) is 3.99. The number of benzene rings is 5. The lowest BCUT2D eigenvalue weighted by molar-refractivity contribution is 1.30. The van der Waals surface area contributed by atoms with Crippen LogP contribution in [0.5, 0.6) is 0 Å². The van der Waals surface area contributed by atoms with Crippen LogP contribution in [0.2, 0.25) is 0 Å². The molecule has 0 unspecified atom stereocenters. The molecule has 0 atom stereocenters. The molecule has 0 aliphatic rings. The van der Waals surface area contributed by atoms with Crippen LogP contribution in [-0.4, -0.2) is 0 Å². The average Bonchev–Trinajstić information content (AvgIpc) is 2.86. The first-order valence-corrected chi connectivity index (χ1v) is 10.6. The minimum absolute atomic E-state index is 1.13. The predicted octanol–water partition coefficient (Wildman–Crippen LogP) is 8.18. The Morgan fingerprint density at radius 1 is 0.484 bits per heavy atom. The Hall–Kier alpha value is -4.10. The third-order valence-electron chi connectivity index (χ3n) is 5.45. The zero-order valence-electron chi connectivity index (χ0n) is 17.2. The lowest BCUT2D eigenvalue weighted by atomic mass is 10.0. The molecule has 0 aliphatic carbocycles. The van der Waals surface area contributed by atoms with E-state index in [0.29, 0.717) is 0 Å². The molecule has 5 aromatic rings. The number of hydrogen-bond donors (Lipinski definition) is 0. The van der Waals surface area contributed by atoms with Gasteiger partial charge in [0.25, 0.3) is 0 Å². The Balaban J connectivity index is 1.78. The maximum atomic E-state index is 2.33. The highest BCUT2D eigenvalue weighted by atomic mass is 15.1. The molecule has 0 bridgehead atoms. The summed E-state index contributed by atoms with van der Waals surface area (Å²) in [7, 11) is 0. The van der Waals surface area contributed by atoms with E-state index in [1.807, 2.05) is 0 Å². The van der Waals surface area contributed by atoms with Gasteiger partial charge < -0.3 is 4.90 Å². The second-order valence-electron chi connectivity index (χ2n) is 7.47. The standard InChI is InChI=1S/C30H23N/c1-4-14-25(15-5-1)30(23-26-17-12-16-24-13-10-11-22-29(24)26)31(27-18-6-2-7-19-27)28-20-8-3-9-21-28/h1-23H/b30-23+. The van der Waals surface area contributed by atoms with E-state index >= 15 is 0 Å². The number of hydrogen-bond acceptors (Lipinski definition) is 1. The van der Waals surface area contributed by atoms with E-state index in [2.05, 4.69) is 144 Å². The molecule has 0 radical (unpaired) electrons. The molecule has 1 heteroatoms. The smallest absolute Gasteiger partial charge is 0.0540 e. The summed E-state index contributed by atoms with van der Waals surface area (Å²) in [5, 5.41) is 2.49. The first-order chi connectivity index (χ1) is 15.4. The van der Waals surface area contributed by atoms with Gasteiger partial charge in [0.15, 0.2) is 0 Å². The molecule has 0 amide bonds. The Bertz CT molecular complexity index is 1260. The molecule has 148 valence electrons. The minimum atomic E-state index is 1.13. The van der Waals surface area contributed by atoms with Crippen molar-refractivity contribution in [1.29, 1.82) is 0 Å². The van der Waals surface area contributed by atoms with Crippen molar-refractivity contribution < 1.29 is 0 Å². The topological polar surface area (TPSA) is 3.24 Å². The Labute approximate surface area is 183 Å². The van der Waals surface area contributed by atoms with Crippen molar-refractivity contribution in [2.24, 2.45) is 0 Å². The zero-order valence-corrected chi connectivity index (χ0v) is 17.2. The molecule has 5 aromatic carbocycles. The molecular formula is C30H23N. The molecule has 0 aromatic heterocycles. The molecule has 0 heterocycles. The van der Waals surface area contributed by atoms with Gasteiger partial charge in [-0.1, -0.05) is 109 Å². The largest absolute Gasteiger partial charge is 0.310 e. The van der Waals surface area contributed by atoms with E-state index in [9.17, 15) is 0 Å². The van der Waals surface area contributed by atoms with E-state index in [-0.39, 0.29) is 0 Å². The van der Waals surface area contributed by atoms with Crippen molar-refractivity contribution in [3.8, 4) is 0 Å². The zero-order chi connectivity index (χ0) is 20.9. The first-order valence-electron chi connectivity index (χ1n) is 10.6. The Morgan fingerprint density at radius 3 is 1.65 bits per heavy atom. The molecule has 1 nitrogen and oxygen atoms in total. The molecule has 0 saturated heterocycles. The van der Waals surface area contributed by atoms with E-state index in [1.54, 1.807) is 0 Å². The summed E-state index contributed by atoms with van der Waals surface area (Å²) in [5.41, 5.74) is 5.76. The number of anilines is 2. The van der Waals surface area contributed by atoms with Crippen molar-refractivity contribution in [3.63, 3.8) is 0 Å². The van der Waals surface area contributed by atoms with Crippen molar-refractivity contribution >= 4 is 33.9 Å². The van der Waals surface area contributed by atoms with E-state index < -0.39 is 0 Å². The highest BCUT2D eigenvalue weighted by Gasteiger charge is 2.16. The average molecular weight is 398 g/mol. The van der Waals surface area contributed by atoms with Gasteiger partial charge in [-0.2, -0.15) is 0 Å². The second kappa shape index (κ2) is 8.73. The van der Waals surface area contributed by atoms with Gasteiger partial charge in [0, 0.05) is 11.4 Å². The van der Waals surface area contributed by atoms with Crippen LogP contribution < -0.4 is 4.90 Å². The number of fused-ring (bicyclic) bond motifs is 1. The molecule has 31 heavy (non-hydrogen) atoms. The highest BCUT2D eigenvalue weighted by Crippen LogP contribution is 2.36. The molecule has 0 saturated carbocycles. The number of nitrogens with zero attached hydrogens (tertiary/aromatic N) is 1. The van der Waals surface area contributed by atoms with Gasteiger partial charge in [0.2, 0.25) is 0 Å². The highest BCUT2D eigenvalue weighted by molar-refractivity contribution is 6.00. The number of para-hydroxylation sites is 2. The van der Waals surface area contributed by atoms with Crippen LogP contribution in [0, 0.1) is 0 Å². The van der Waals surface area contributed by atoms with Crippen LogP contribution in [0.3, 0.4) is 0 Å². The second-order valence-corrected chi connectivity index (χ2v) is 7.47. The molecule has 0 N–H and O–H groups in total. The third-order valence-corrected chi connectivity index (χ3v) is 5.45. The lowest BCUT2D eigenvalue weighted by Gasteiger charge is -2.28. The van der Waals surface area contributed by atoms with Crippen molar-refractivity contribution in [2.75, 3.05) is 4.90 Å². The predicted molar refractivity (Wildman–Crippen MR) is 133 cm³/mol. The summed E-state index contributed by atoms with van der Waals surface area (Å²) in [6.45, 7) is 0. The van der Waals surface area contributed by atoms with Crippen molar-refractivity contribution in [1.82, 2.24) is 0 Å². The Morgan fingerprint density at radius 2 is 1.00 bits per heavy atom. The van der Waals surface area contributed by atoms with Gasteiger partial charge in [-0.15, -0.1) is 0 Å². The first kappa shape index (κ1) is 18.9. The molecular weight excluding hydrogens is 374 g/mol. The molecule has 0 fully saturated rings. The van der Waals surface area contributed by atoms with Crippen LogP contribution in [0.4, 0.5) is 11.4 Å². The third kappa shape index (κ3) is 3.99. The summed E-state index contributed by atoms with van der Waals surface area (Å²) >= 11 is 0. The number of rotatable bonds is 5. The summed E-state index contributed by atoms with van der Waals surface area (Å²) in [6.07, 6.45) is 2.30. The maximum absolute atomic E-state index is 2.33. The van der Waals surface area contributed by atoms with Crippen LogP contribution in [0.1, 0.15) is 11.1 Å². The van der Waals surface area contributed by atoms with Gasteiger partial charge in [-0.3, -0.25) is 0 Å². The molecule has 0 spiro atoms. The van der Waals surface area contributed by atoms with Crippen LogP contribution in [-0.2, 0) is 0 Å². The van der Waals surface area contributed by atoms with E-state index in [0.717, 1.165) is 17.1 Å². The van der Waals surface area contributed by atoms with Crippen LogP contribution in [0.25, 0.3) is 22.5 Å². The summed E-state index contributed by atoms with van der Waals surface area (Å²) < 4.78 is 0. The van der Waals surface area contributed by atoms with Crippen molar-refractivity contribution in [2.45, 2.75) is 0 Å². The quantitative estimate of drug-likeness (QED) is 0.270. The molecule has 5 rings (SSSR count). The fraction of sp³-hybridized carbons (Fsp3) is 0. The van der Waals surface area contributed by atoms with Crippen molar-refractivity contribution in [3.05, 3.63) is 145 Å². The molecule has 0 aliphatic heterocycles. The van der Waals surface area contributed by atoms with Crippen LogP contribution >= 0.6 is 0 Å². The van der Waals surface area contributed by atoms with Gasteiger partial charge in [0.1, 0.15) is 0 Å². The Kier molecular flexibility index (Phi) is 5.32. The normalized spacial score (nSPS) is 11.4. The summed E-state index contributed by atoms with van der Waals surface area (Å²) in [6, 6.07) is 46.8. The maximum Gasteiger partial charge on any atom is 0.0540 e. The van der Waals surface area contributed by atoms with Gasteiger partial charge in [-0.05, 0) is 52.2 Å². The van der Waals surface area contributed by atoms with E-state index in [4.69, 9.17) is 0 Å². The lowest BCUT2D eigenvalue weighted by Crippen LogP contribution is -2.15. The SMILES string of the molecule is C(=C(/c1ccccc1)N(c1ccccc1)c1ccccc1)/c1cccc2ccccc12. The van der Waals surface area contributed by atoms with Gasteiger partial charge >= 0.3 is 0 Å². The van der Waals surface area contributed by atoms with Crippen LogP contribution in [0.15, 0.2) is 133 Å². The fourth-order valence-corrected chi connectivity index (χ4v) is 3.99. The monoisotopic (exact) mass is 397 g/mol. The van der Waals surface area contributed by atoms with Gasteiger partial charge in [0.05, 0.1) is 5.70 Å². The minimum Gasteiger partial charge on any atom is -0.310 e. The summed E-state index contributed by atoms with van der Waals surface area (Å²) in [5.74, 6) is 0.